The summed E-state index contributed by atoms with van der Waals surface area (Å²) in [6.07, 6.45) is 0.710. The van der Waals surface area contributed by atoms with Crippen LogP contribution in [0.1, 0.15) is 16.7 Å². The molecule has 28 heavy (non-hydrogen) atoms. The van der Waals surface area contributed by atoms with Crippen molar-refractivity contribution in [2.45, 2.75) is 13.3 Å². The van der Waals surface area contributed by atoms with Gasteiger partial charge in [0.1, 0.15) is 22.0 Å². The van der Waals surface area contributed by atoms with E-state index < -0.39 is 0 Å². The fourth-order valence-corrected chi connectivity index (χ4v) is 4.05. The van der Waals surface area contributed by atoms with Crippen molar-refractivity contribution in [3.63, 3.8) is 0 Å². The Labute approximate surface area is 167 Å². The van der Waals surface area contributed by atoms with Crippen molar-refractivity contribution in [1.29, 1.82) is 0 Å². The zero-order chi connectivity index (χ0) is 19.3. The van der Waals surface area contributed by atoms with Crippen LogP contribution in [0.3, 0.4) is 0 Å². The molecule has 0 saturated carbocycles. The Bertz CT molecular complexity index is 1290. The maximum atomic E-state index is 6.23. The van der Waals surface area contributed by atoms with Crippen molar-refractivity contribution in [3.8, 4) is 28.8 Å². The van der Waals surface area contributed by atoms with Gasteiger partial charge in [0.25, 0.3) is 0 Å². The number of ether oxygens (including phenoxy) is 2. The topological polar surface area (TPSA) is 47.1 Å². The van der Waals surface area contributed by atoms with Crippen molar-refractivity contribution >= 4 is 23.0 Å². The number of benzene rings is 3. The van der Waals surface area contributed by atoms with E-state index in [9.17, 15) is 0 Å². The molecule has 3 aromatic carbocycles. The second-order valence-electron chi connectivity index (χ2n) is 6.90. The lowest BCUT2D eigenvalue weighted by molar-refractivity contribution is 0.416. The number of nitrogens with one attached hydrogen (secondary N) is 1. The lowest BCUT2D eigenvalue weighted by atomic mass is 10.00. The fraction of sp³-hybridized carbons (Fsp3) is 0.130. The van der Waals surface area contributed by atoms with Crippen molar-refractivity contribution < 1.29 is 9.47 Å². The predicted molar refractivity (Wildman–Crippen MR) is 113 cm³/mol. The first kappa shape index (κ1) is 17.0. The zero-order valence-corrected chi connectivity index (χ0v) is 16.4. The van der Waals surface area contributed by atoms with Crippen LogP contribution in [0, 0.1) is 11.6 Å². The maximum Gasteiger partial charge on any atom is 0.205 e. The van der Waals surface area contributed by atoms with Gasteiger partial charge in [-0.1, -0.05) is 60.7 Å². The normalized spacial score (nSPS) is 12.2. The first-order valence-corrected chi connectivity index (χ1v) is 9.52. The van der Waals surface area contributed by atoms with E-state index in [4.69, 9.17) is 26.7 Å². The Morgan fingerprint density at radius 3 is 2.79 bits per heavy atom. The highest BCUT2D eigenvalue weighted by Crippen LogP contribution is 2.41. The standard InChI is InChI=1S/C23H18N2O2S/c1-13-6-5-8-15-12-17-22(27-20(13)15)24-21(25-23(17)28)19-16-9-4-3-7-14(16)10-11-18(19)26-2/h3-11H,12H2,1-2H3,(H,24,25,28). The van der Waals surface area contributed by atoms with Gasteiger partial charge in [-0.15, -0.1) is 0 Å². The quantitative estimate of drug-likeness (QED) is 0.380. The fourth-order valence-electron chi connectivity index (χ4n) is 3.80. The number of aromatic amines is 1. The largest absolute Gasteiger partial charge is 0.496 e. The summed E-state index contributed by atoms with van der Waals surface area (Å²) in [5.74, 6) is 2.94. The first-order valence-electron chi connectivity index (χ1n) is 9.11. The highest BCUT2D eigenvalue weighted by atomic mass is 32.1. The van der Waals surface area contributed by atoms with Gasteiger partial charge in [-0.05, 0) is 34.9 Å². The summed E-state index contributed by atoms with van der Waals surface area (Å²) >= 11 is 5.64. The molecule has 5 rings (SSSR count). The molecule has 4 aromatic rings. The molecule has 0 aliphatic carbocycles. The van der Waals surface area contributed by atoms with Crippen LogP contribution in [0.25, 0.3) is 22.2 Å². The van der Waals surface area contributed by atoms with Crippen LogP contribution >= 0.6 is 12.2 Å². The van der Waals surface area contributed by atoms with Gasteiger partial charge in [-0.2, -0.15) is 0 Å². The molecule has 2 heterocycles. The number of aryl methyl sites for hydroxylation is 1. The number of fused-ring (bicyclic) bond motifs is 3. The van der Waals surface area contributed by atoms with Gasteiger partial charge in [0.15, 0.2) is 0 Å². The minimum absolute atomic E-state index is 0.547. The summed E-state index contributed by atoms with van der Waals surface area (Å²) in [7, 11) is 1.66. The van der Waals surface area contributed by atoms with Crippen molar-refractivity contribution in [2.24, 2.45) is 0 Å². The van der Waals surface area contributed by atoms with E-state index in [1.165, 1.54) is 0 Å². The van der Waals surface area contributed by atoms with E-state index in [1.54, 1.807) is 7.11 Å². The molecule has 0 radical (unpaired) electrons. The summed E-state index contributed by atoms with van der Waals surface area (Å²) in [5, 5.41) is 2.16. The monoisotopic (exact) mass is 386 g/mol. The number of rotatable bonds is 2. The highest BCUT2D eigenvalue weighted by Gasteiger charge is 2.23. The van der Waals surface area contributed by atoms with Crippen molar-refractivity contribution in [1.82, 2.24) is 9.97 Å². The first-order chi connectivity index (χ1) is 13.7. The molecule has 0 amide bonds. The van der Waals surface area contributed by atoms with E-state index in [1.807, 2.05) is 43.3 Å². The van der Waals surface area contributed by atoms with Gasteiger partial charge in [-0.3, -0.25) is 0 Å². The third kappa shape index (κ3) is 2.59. The Morgan fingerprint density at radius 1 is 1.07 bits per heavy atom. The maximum absolute atomic E-state index is 6.23. The molecule has 0 saturated heterocycles. The minimum atomic E-state index is 0.547. The van der Waals surface area contributed by atoms with Gasteiger partial charge < -0.3 is 14.5 Å². The summed E-state index contributed by atoms with van der Waals surface area (Å²) in [6.45, 7) is 2.05. The van der Waals surface area contributed by atoms with E-state index in [2.05, 4.69) is 23.2 Å². The summed E-state index contributed by atoms with van der Waals surface area (Å²) in [5.41, 5.74) is 4.03. The molecular weight excluding hydrogens is 368 g/mol. The number of hydrogen-bond donors (Lipinski definition) is 1. The van der Waals surface area contributed by atoms with E-state index >= 15 is 0 Å². The molecule has 0 atom stereocenters. The molecule has 0 fully saturated rings. The smallest absolute Gasteiger partial charge is 0.205 e. The second kappa shape index (κ2) is 6.46. The second-order valence-corrected chi connectivity index (χ2v) is 7.29. The van der Waals surface area contributed by atoms with Crippen LogP contribution in [0.2, 0.25) is 0 Å². The lowest BCUT2D eigenvalue weighted by Crippen LogP contribution is -2.09. The Kier molecular flexibility index (Phi) is 3.91. The Hall–Kier alpha value is -3.18. The lowest BCUT2D eigenvalue weighted by Gasteiger charge is -2.22. The molecule has 0 spiro atoms. The predicted octanol–water partition coefficient (Wildman–Crippen LogP) is 5.97. The molecule has 1 N–H and O–H groups in total. The van der Waals surface area contributed by atoms with Crippen molar-refractivity contribution in [3.05, 3.63) is 75.9 Å². The number of nitrogens with zero attached hydrogens (tertiary/aromatic N) is 1. The van der Waals surface area contributed by atoms with E-state index in [0.717, 1.165) is 44.5 Å². The highest BCUT2D eigenvalue weighted by molar-refractivity contribution is 7.71. The van der Waals surface area contributed by atoms with Gasteiger partial charge in [0, 0.05) is 6.42 Å². The summed E-state index contributed by atoms with van der Waals surface area (Å²) < 4.78 is 12.4. The van der Waals surface area contributed by atoms with Crippen LogP contribution in [-0.4, -0.2) is 17.1 Å². The van der Waals surface area contributed by atoms with E-state index in [0.29, 0.717) is 22.8 Å². The summed E-state index contributed by atoms with van der Waals surface area (Å²) in [6, 6.07) is 18.3. The molecular formula is C23H18N2O2S. The Morgan fingerprint density at radius 2 is 1.93 bits per heavy atom. The van der Waals surface area contributed by atoms with Crippen LogP contribution in [0.4, 0.5) is 0 Å². The third-order valence-electron chi connectivity index (χ3n) is 5.19. The van der Waals surface area contributed by atoms with Gasteiger partial charge in [0.2, 0.25) is 5.88 Å². The third-order valence-corrected chi connectivity index (χ3v) is 5.53. The molecule has 5 heteroatoms. The molecule has 4 nitrogen and oxygen atoms in total. The molecule has 138 valence electrons. The number of hydrogen-bond acceptors (Lipinski definition) is 4. The van der Waals surface area contributed by atoms with E-state index in [-0.39, 0.29) is 0 Å². The van der Waals surface area contributed by atoms with Crippen LogP contribution in [0.5, 0.6) is 17.4 Å². The molecule has 1 aliphatic rings. The number of para-hydroxylation sites is 1. The molecule has 0 bridgehead atoms. The molecule has 0 unspecified atom stereocenters. The number of H-pyrrole nitrogens is 1. The SMILES string of the molecule is COc1ccc2ccccc2c1-c1nc(=S)c2c([nH]1)Oc1c(C)cccc1C2. The summed E-state index contributed by atoms with van der Waals surface area (Å²) in [4.78, 5) is 8.09. The average molecular weight is 386 g/mol. The minimum Gasteiger partial charge on any atom is -0.496 e. The van der Waals surface area contributed by atoms with Crippen LogP contribution in [-0.2, 0) is 6.42 Å². The van der Waals surface area contributed by atoms with Gasteiger partial charge >= 0.3 is 0 Å². The van der Waals surface area contributed by atoms with Crippen molar-refractivity contribution in [2.75, 3.05) is 7.11 Å². The average Bonchev–Trinajstić information content (AvgIpc) is 2.72. The zero-order valence-electron chi connectivity index (χ0n) is 15.6. The van der Waals surface area contributed by atoms with Crippen LogP contribution < -0.4 is 9.47 Å². The number of aromatic nitrogens is 2. The van der Waals surface area contributed by atoms with Gasteiger partial charge in [-0.25, -0.2) is 4.98 Å². The number of methoxy groups -OCH3 is 1. The van der Waals surface area contributed by atoms with Crippen LogP contribution in [0.15, 0.2) is 54.6 Å². The van der Waals surface area contributed by atoms with Gasteiger partial charge in [0.05, 0.1) is 18.2 Å². The molecule has 1 aliphatic heterocycles. The molecule has 1 aromatic heterocycles. The Balaban J connectivity index is 1.74.